The van der Waals surface area contributed by atoms with Crippen LogP contribution < -0.4 is 5.32 Å². The van der Waals surface area contributed by atoms with Crippen LogP contribution >= 0.6 is 0 Å². The van der Waals surface area contributed by atoms with Gasteiger partial charge in [0.2, 0.25) is 0 Å². The van der Waals surface area contributed by atoms with Gasteiger partial charge in [0.1, 0.15) is 0 Å². The number of rotatable bonds is 8. The second-order valence-corrected chi connectivity index (χ2v) is 4.03. The summed E-state index contributed by atoms with van der Waals surface area (Å²) < 4.78 is 4.96. The normalized spacial score (nSPS) is 18.9. The fourth-order valence-corrected chi connectivity index (χ4v) is 1.42. The van der Waals surface area contributed by atoms with Crippen LogP contribution in [0.25, 0.3) is 0 Å². The molecule has 0 aliphatic heterocycles. The monoisotopic (exact) mass is 187 g/mol. The molecule has 3 nitrogen and oxygen atoms in total. The molecule has 0 atom stereocenters. The zero-order valence-corrected chi connectivity index (χ0v) is 8.51. The van der Waals surface area contributed by atoms with Crippen molar-refractivity contribution < 1.29 is 9.84 Å². The van der Waals surface area contributed by atoms with Gasteiger partial charge in [-0.15, -0.1) is 0 Å². The van der Waals surface area contributed by atoms with Gasteiger partial charge < -0.3 is 15.2 Å². The number of hydrogen-bond donors (Lipinski definition) is 2. The molecule has 0 spiro atoms. The Hall–Kier alpha value is -0.120. The Labute approximate surface area is 80.5 Å². The first-order valence-electron chi connectivity index (χ1n) is 5.13. The minimum absolute atomic E-state index is 0.251. The van der Waals surface area contributed by atoms with E-state index in [0.717, 1.165) is 32.5 Å². The lowest BCUT2D eigenvalue weighted by molar-refractivity contribution is 0.190. The molecule has 0 radical (unpaired) electrons. The third-order valence-electron chi connectivity index (χ3n) is 2.74. The summed E-state index contributed by atoms with van der Waals surface area (Å²) in [5.41, 5.74) is 0.251. The first kappa shape index (κ1) is 11.0. The summed E-state index contributed by atoms with van der Waals surface area (Å²) in [6.45, 7) is 3.23. The van der Waals surface area contributed by atoms with Crippen molar-refractivity contribution in [3.63, 3.8) is 0 Å². The van der Waals surface area contributed by atoms with Crippen molar-refractivity contribution in [3.05, 3.63) is 0 Å². The van der Waals surface area contributed by atoms with Crippen LogP contribution in [0, 0.1) is 5.41 Å². The van der Waals surface area contributed by atoms with Crippen LogP contribution in [0.5, 0.6) is 0 Å². The fraction of sp³-hybridized carbons (Fsp3) is 1.00. The molecular weight excluding hydrogens is 166 g/mol. The van der Waals surface area contributed by atoms with Gasteiger partial charge in [-0.1, -0.05) is 0 Å². The van der Waals surface area contributed by atoms with Gasteiger partial charge in [-0.2, -0.15) is 0 Å². The summed E-state index contributed by atoms with van der Waals surface area (Å²) in [6, 6.07) is 0. The van der Waals surface area contributed by atoms with Gasteiger partial charge in [-0.05, 0) is 32.2 Å². The van der Waals surface area contributed by atoms with Crippen LogP contribution in [0.1, 0.15) is 25.7 Å². The lowest BCUT2D eigenvalue weighted by Gasteiger charge is -2.12. The number of ether oxygens (including phenoxy) is 1. The Balaban J connectivity index is 1.84. The van der Waals surface area contributed by atoms with Crippen molar-refractivity contribution in [1.29, 1.82) is 0 Å². The van der Waals surface area contributed by atoms with E-state index in [1.165, 1.54) is 12.8 Å². The highest BCUT2D eigenvalue weighted by molar-refractivity contribution is 4.94. The van der Waals surface area contributed by atoms with Gasteiger partial charge in [-0.25, -0.2) is 0 Å². The molecule has 78 valence electrons. The summed E-state index contributed by atoms with van der Waals surface area (Å²) in [7, 11) is 1.73. The van der Waals surface area contributed by atoms with Crippen LogP contribution in [-0.2, 0) is 4.74 Å². The number of methoxy groups -OCH3 is 1. The van der Waals surface area contributed by atoms with Crippen molar-refractivity contribution in [2.45, 2.75) is 25.7 Å². The third kappa shape index (κ3) is 4.07. The van der Waals surface area contributed by atoms with E-state index in [9.17, 15) is 0 Å². The van der Waals surface area contributed by atoms with Crippen LogP contribution in [0.4, 0.5) is 0 Å². The first-order valence-corrected chi connectivity index (χ1v) is 5.13. The summed E-state index contributed by atoms with van der Waals surface area (Å²) >= 11 is 0. The van der Waals surface area contributed by atoms with Crippen LogP contribution in [-0.4, -0.2) is 38.5 Å². The van der Waals surface area contributed by atoms with Crippen LogP contribution in [0.15, 0.2) is 0 Å². The molecule has 0 heterocycles. The molecule has 0 aromatic carbocycles. The number of nitrogens with one attached hydrogen (secondary N) is 1. The Morgan fingerprint density at radius 1 is 1.38 bits per heavy atom. The highest BCUT2D eigenvalue weighted by atomic mass is 16.5. The van der Waals surface area contributed by atoms with E-state index in [1.54, 1.807) is 7.11 Å². The number of hydrogen-bond acceptors (Lipinski definition) is 3. The predicted molar refractivity (Wildman–Crippen MR) is 52.7 cm³/mol. The van der Waals surface area contributed by atoms with Crippen molar-refractivity contribution in [3.8, 4) is 0 Å². The first-order chi connectivity index (χ1) is 6.33. The molecule has 1 fully saturated rings. The fourth-order valence-electron chi connectivity index (χ4n) is 1.42. The molecule has 1 aliphatic carbocycles. The third-order valence-corrected chi connectivity index (χ3v) is 2.74. The molecule has 0 amide bonds. The zero-order valence-electron chi connectivity index (χ0n) is 8.51. The van der Waals surface area contributed by atoms with Gasteiger partial charge in [0.15, 0.2) is 0 Å². The summed E-state index contributed by atoms with van der Waals surface area (Å²) in [5, 5.41) is 12.4. The molecule has 1 saturated carbocycles. The molecule has 0 saturated heterocycles. The second-order valence-electron chi connectivity index (χ2n) is 4.03. The molecule has 13 heavy (non-hydrogen) atoms. The minimum atomic E-state index is 0.251. The minimum Gasteiger partial charge on any atom is -0.396 e. The Bertz CT molecular complexity index is 135. The SMILES string of the molecule is COCCCCNCC1(CO)CC1. The number of aliphatic hydroxyl groups excluding tert-OH is 1. The van der Waals surface area contributed by atoms with E-state index >= 15 is 0 Å². The quantitative estimate of drug-likeness (QED) is 0.552. The van der Waals surface area contributed by atoms with E-state index in [4.69, 9.17) is 9.84 Å². The van der Waals surface area contributed by atoms with Crippen molar-refractivity contribution in [1.82, 2.24) is 5.32 Å². The summed E-state index contributed by atoms with van der Waals surface area (Å²) in [4.78, 5) is 0. The van der Waals surface area contributed by atoms with E-state index < -0.39 is 0 Å². The topological polar surface area (TPSA) is 41.5 Å². The predicted octanol–water partition coefficient (Wildman–Crippen LogP) is 0.775. The standard InChI is InChI=1S/C10H21NO2/c1-13-7-3-2-6-11-8-10(9-12)4-5-10/h11-12H,2-9H2,1H3. The lowest BCUT2D eigenvalue weighted by atomic mass is 10.1. The molecule has 1 rings (SSSR count). The lowest BCUT2D eigenvalue weighted by Crippen LogP contribution is -2.27. The van der Waals surface area contributed by atoms with E-state index in [0.29, 0.717) is 6.61 Å². The second kappa shape index (κ2) is 5.58. The molecule has 2 N–H and O–H groups in total. The molecule has 0 bridgehead atoms. The van der Waals surface area contributed by atoms with Gasteiger partial charge >= 0.3 is 0 Å². The maximum absolute atomic E-state index is 9.04. The van der Waals surface area contributed by atoms with E-state index in [1.807, 2.05) is 0 Å². The summed E-state index contributed by atoms with van der Waals surface area (Å²) in [6.07, 6.45) is 4.66. The van der Waals surface area contributed by atoms with Crippen molar-refractivity contribution in [2.24, 2.45) is 5.41 Å². The van der Waals surface area contributed by atoms with Gasteiger partial charge in [0.25, 0.3) is 0 Å². The van der Waals surface area contributed by atoms with Crippen LogP contribution in [0.2, 0.25) is 0 Å². The maximum atomic E-state index is 9.04. The molecule has 3 heteroatoms. The van der Waals surface area contributed by atoms with E-state index in [2.05, 4.69) is 5.32 Å². The number of aliphatic hydroxyl groups is 1. The Morgan fingerprint density at radius 3 is 2.69 bits per heavy atom. The molecule has 1 aliphatic rings. The van der Waals surface area contributed by atoms with Gasteiger partial charge in [0.05, 0.1) is 0 Å². The van der Waals surface area contributed by atoms with Crippen molar-refractivity contribution >= 4 is 0 Å². The smallest absolute Gasteiger partial charge is 0.0499 e. The molecule has 0 unspecified atom stereocenters. The van der Waals surface area contributed by atoms with Crippen molar-refractivity contribution in [2.75, 3.05) is 33.4 Å². The average molecular weight is 187 g/mol. The highest BCUT2D eigenvalue weighted by Crippen LogP contribution is 2.44. The average Bonchev–Trinajstić information content (AvgIpc) is 2.92. The summed E-state index contributed by atoms with van der Waals surface area (Å²) in [5.74, 6) is 0. The number of unbranched alkanes of at least 4 members (excludes halogenated alkanes) is 1. The zero-order chi connectivity index (χ0) is 9.57. The molecular formula is C10H21NO2. The largest absolute Gasteiger partial charge is 0.396 e. The maximum Gasteiger partial charge on any atom is 0.0499 e. The highest BCUT2D eigenvalue weighted by Gasteiger charge is 2.41. The molecule has 0 aromatic rings. The van der Waals surface area contributed by atoms with Crippen LogP contribution in [0.3, 0.4) is 0 Å². The van der Waals surface area contributed by atoms with E-state index in [-0.39, 0.29) is 5.41 Å². The Morgan fingerprint density at radius 2 is 2.15 bits per heavy atom. The Kier molecular flexibility index (Phi) is 4.70. The molecule has 0 aromatic heterocycles. The van der Waals surface area contributed by atoms with Gasteiger partial charge in [-0.3, -0.25) is 0 Å². The van der Waals surface area contributed by atoms with Gasteiger partial charge in [0, 0.05) is 32.3 Å².